The van der Waals surface area contributed by atoms with E-state index in [0.717, 1.165) is 32.7 Å². The average Bonchev–Trinajstić information content (AvgIpc) is 2.93. The predicted octanol–water partition coefficient (Wildman–Crippen LogP) is 3.05. The molecule has 1 fully saturated rings. The first kappa shape index (κ1) is 14.0. The third kappa shape index (κ3) is 3.11. The molecule has 4 heteroatoms. The second-order valence-electron chi connectivity index (χ2n) is 5.91. The van der Waals surface area contributed by atoms with Gasteiger partial charge < -0.3 is 10.1 Å². The van der Waals surface area contributed by atoms with Crippen molar-refractivity contribution in [2.24, 2.45) is 0 Å². The van der Waals surface area contributed by atoms with Crippen molar-refractivity contribution < 1.29 is 4.74 Å². The smallest absolute Gasteiger partial charge is 0.0986 e. The molecule has 18 heavy (non-hydrogen) atoms. The summed E-state index contributed by atoms with van der Waals surface area (Å²) in [6.45, 7) is 12.5. The van der Waals surface area contributed by atoms with E-state index in [1.165, 1.54) is 15.6 Å². The van der Waals surface area contributed by atoms with Crippen molar-refractivity contribution in [2.75, 3.05) is 19.8 Å². The molecule has 1 saturated heterocycles. The number of thiazole rings is 1. The van der Waals surface area contributed by atoms with Crippen molar-refractivity contribution in [3.8, 4) is 0 Å². The Bertz CT molecular complexity index is 389. The van der Waals surface area contributed by atoms with Crippen LogP contribution < -0.4 is 5.32 Å². The summed E-state index contributed by atoms with van der Waals surface area (Å²) in [4.78, 5) is 6.31. The van der Waals surface area contributed by atoms with Crippen LogP contribution in [0.25, 0.3) is 0 Å². The Morgan fingerprint density at radius 1 is 1.44 bits per heavy atom. The topological polar surface area (TPSA) is 34.1 Å². The second kappa shape index (κ2) is 5.68. The molecule has 0 saturated carbocycles. The number of hydrogen-bond acceptors (Lipinski definition) is 4. The Hall–Kier alpha value is -0.450. The Balaban J connectivity index is 2.24. The number of hydrogen-bond donors (Lipinski definition) is 1. The summed E-state index contributed by atoms with van der Waals surface area (Å²) in [6, 6.07) is 0. The van der Waals surface area contributed by atoms with E-state index in [4.69, 9.17) is 9.72 Å². The van der Waals surface area contributed by atoms with Crippen LogP contribution in [0.5, 0.6) is 0 Å². The van der Waals surface area contributed by atoms with Crippen LogP contribution in [-0.4, -0.2) is 24.7 Å². The summed E-state index contributed by atoms with van der Waals surface area (Å²) in [6.07, 6.45) is 1.12. The molecule has 1 atom stereocenters. The van der Waals surface area contributed by atoms with E-state index in [2.05, 4.69) is 33.0 Å². The number of nitrogens with zero attached hydrogens (tertiary/aromatic N) is 1. The van der Waals surface area contributed by atoms with Gasteiger partial charge in [0.05, 0.1) is 17.3 Å². The lowest BCUT2D eigenvalue weighted by atomic mass is 9.91. The molecule has 1 aromatic rings. The van der Waals surface area contributed by atoms with Crippen molar-refractivity contribution in [1.82, 2.24) is 10.3 Å². The fourth-order valence-corrected chi connectivity index (χ4v) is 3.58. The molecule has 1 aromatic heterocycles. The minimum atomic E-state index is 0.124. The molecule has 0 aliphatic carbocycles. The fraction of sp³-hybridized carbons (Fsp3) is 0.786. The van der Waals surface area contributed by atoms with E-state index < -0.39 is 0 Å². The van der Waals surface area contributed by atoms with Gasteiger partial charge in [-0.2, -0.15) is 0 Å². The lowest BCUT2D eigenvalue weighted by molar-refractivity contribution is 0.194. The van der Waals surface area contributed by atoms with Crippen LogP contribution in [-0.2, 0) is 16.7 Å². The zero-order chi connectivity index (χ0) is 13.2. The van der Waals surface area contributed by atoms with Crippen molar-refractivity contribution >= 4 is 11.3 Å². The van der Waals surface area contributed by atoms with Crippen LogP contribution >= 0.6 is 11.3 Å². The molecule has 0 spiro atoms. The summed E-state index contributed by atoms with van der Waals surface area (Å²) >= 11 is 1.87. The molecule has 0 bridgehead atoms. The number of rotatable bonds is 4. The van der Waals surface area contributed by atoms with Crippen molar-refractivity contribution in [2.45, 2.75) is 52.0 Å². The minimum Gasteiger partial charge on any atom is -0.381 e. The molecule has 0 amide bonds. The Kier molecular flexibility index (Phi) is 4.41. The first-order chi connectivity index (χ1) is 8.52. The first-order valence-corrected chi connectivity index (χ1v) is 7.62. The van der Waals surface area contributed by atoms with E-state index in [1.54, 1.807) is 0 Å². The third-order valence-electron chi connectivity index (χ3n) is 3.24. The summed E-state index contributed by atoms with van der Waals surface area (Å²) in [7, 11) is 0. The zero-order valence-electron chi connectivity index (χ0n) is 11.9. The van der Waals surface area contributed by atoms with Gasteiger partial charge in [0.1, 0.15) is 0 Å². The lowest BCUT2D eigenvalue weighted by Crippen LogP contribution is -2.18. The zero-order valence-corrected chi connectivity index (χ0v) is 12.7. The summed E-state index contributed by atoms with van der Waals surface area (Å²) in [5.41, 5.74) is 1.38. The maximum Gasteiger partial charge on any atom is 0.0986 e. The van der Waals surface area contributed by atoms with Gasteiger partial charge >= 0.3 is 0 Å². The largest absolute Gasteiger partial charge is 0.381 e. The standard InChI is InChI=1S/C14H24N2OS/c1-5-15-8-11-12(14(2,3)4)16-13(18-11)10-6-7-17-9-10/h10,15H,5-9H2,1-4H3. The second-order valence-corrected chi connectivity index (χ2v) is 7.03. The molecule has 0 radical (unpaired) electrons. The lowest BCUT2D eigenvalue weighted by Gasteiger charge is -2.17. The minimum absolute atomic E-state index is 0.124. The van der Waals surface area contributed by atoms with Gasteiger partial charge in [-0.15, -0.1) is 11.3 Å². The van der Waals surface area contributed by atoms with Crippen molar-refractivity contribution in [3.63, 3.8) is 0 Å². The average molecular weight is 268 g/mol. The van der Waals surface area contributed by atoms with Crippen LogP contribution in [0, 0.1) is 0 Å². The summed E-state index contributed by atoms with van der Waals surface area (Å²) in [5.74, 6) is 0.520. The fourth-order valence-electron chi connectivity index (χ4n) is 2.22. The van der Waals surface area contributed by atoms with E-state index in [0.29, 0.717) is 5.92 Å². The predicted molar refractivity (Wildman–Crippen MR) is 76.4 cm³/mol. The monoisotopic (exact) mass is 268 g/mol. The van der Waals surface area contributed by atoms with Gasteiger partial charge in [-0.1, -0.05) is 27.7 Å². The third-order valence-corrected chi connectivity index (χ3v) is 4.46. The molecule has 1 aliphatic rings. The van der Waals surface area contributed by atoms with Gasteiger partial charge in [0.25, 0.3) is 0 Å². The van der Waals surface area contributed by atoms with E-state index in [9.17, 15) is 0 Å². The Morgan fingerprint density at radius 3 is 2.78 bits per heavy atom. The van der Waals surface area contributed by atoms with Crippen molar-refractivity contribution in [1.29, 1.82) is 0 Å². The van der Waals surface area contributed by atoms with Crippen LogP contribution in [0.1, 0.15) is 55.6 Å². The molecule has 1 aliphatic heterocycles. The molecule has 102 valence electrons. The first-order valence-electron chi connectivity index (χ1n) is 6.81. The maximum atomic E-state index is 5.48. The Morgan fingerprint density at radius 2 is 2.22 bits per heavy atom. The maximum absolute atomic E-state index is 5.48. The SMILES string of the molecule is CCNCc1sc(C2CCOC2)nc1C(C)(C)C. The van der Waals surface area contributed by atoms with Gasteiger partial charge in [0, 0.05) is 29.4 Å². The molecule has 2 heterocycles. The molecule has 1 N–H and O–H groups in total. The van der Waals surface area contributed by atoms with Gasteiger partial charge in [0.2, 0.25) is 0 Å². The van der Waals surface area contributed by atoms with Gasteiger partial charge in [-0.25, -0.2) is 4.98 Å². The summed E-state index contributed by atoms with van der Waals surface area (Å²) in [5, 5.41) is 4.69. The normalized spacial score (nSPS) is 20.6. The van der Waals surface area contributed by atoms with E-state index in [-0.39, 0.29) is 5.41 Å². The van der Waals surface area contributed by atoms with E-state index >= 15 is 0 Å². The van der Waals surface area contributed by atoms with Crippen LogP contribution in [0.3, 0.4) is 0 Å². The molecular weight excluding hydrogens is 244 g/mol. The molecular formula is C14H24N2OS. The Labute approximate surface area is 114 Å². The van der Waals surface area contributed by atoms with Crippen LogP contribution in [0.15, 0.2) is 0 Å². The number of aromatic nitrogens is 1. The van der Waals surface area contributed by atoms with Crippen LogP contribution in [0.2, 0.25) is 0 Å². The van der Waals surface area contributed by atoms with Crippen molar-refractivity contribution in [3.05, 3.63) is 15.6 Å². The van der Waals surface area contributed by atoms with Gasteiger partial charge in [-0.05, 0) is 13.0 Å². The van der Waals surface area contributed by atoms with Gasteiger partial charge in [-0.3, -0.25) is 0 Å². The molecule has 2 rings (SSSR count). The van der Waals surface area contributed by atoms with Crippen LogP contribution in [0.4, 0.5) is 0 Å². The molecule has 3 nitrogen and oxygen atoms in total. The molecule has 1 unspecified atom stereocenters. The highest BCUT2D eigenvalue weighted by atomic mass is 32.1. The summed E-state index contributed by atoms with van der Waals surface area (Å²) < 4.78 is 5.48. The molecule has 0 aromatic carbocycles. The quantitative estimate of drug-likeness (QED) is 0.911. The van der Waals surface area contributed by atoms with Gasteiger partial charge in [0.15, 0.2) is 0 Å². The highest BCUT2D eigenvalue weighted by Crippen LogP contribution is 2.35. The highest BCUT2D eigenvalue weighted by molar-refractivity contribution is 7.11. The number of ether oxygens (including phenoxy) is 1. The number of nitrogens with one attached hydrogen (secondary N) is 1. The van der Waals surface area contributed by atoms with E-state index in [1.807, 2.05) is 11.3 Å². The highest BCUT2D eigenvalue weighted by Gasteiger charge is 2.27.